The van der Waals surface area contributed by atoms with E-state index in [1.807, 2.05) is 23.5 Å². The van der Waals surface area contributed by atoms with Gasteiger partial charge in [0.2, 0.25) is 10.2 Å². The molecule has 0 bridgehead atoms. The zero-order valence-corrected chi connectivity index (χ0v) is 14.0. The van der Waals surface area contributed by atoms with E-state index < -0.39 is 0 Å². The third-order valence-electron chi connectivity index (χ3n) is 2.96. The molecule has 0 aliphatic carbocycles. The Morgan fingerprint density at radius 2 is 1.25 bits per heavy atom. The molecule has 2 saturated heterocycles. The molecule has 20 heavy (non-hydrogen) atoms. The minimum absolute atomic E-state index is 0.110. The van der Waals surface area contributed by atoms with E-state index in [1.54, 1.807) is 24.3 Å². The summed E-state index contributed by atoms with van der Waals surface area (Å²) in [6.45, 7) is 0. The highest BCUT2D eigenvalue weighted by Gasteiger charge is 2.24. The molecule has 0 saturated carbocycles. The average molecular weight is 343 g/mol. The summed E-state index contributed by atoms with van der Waals surface area (Å²) in [6, 6.07) is 7.09. The maximum absolute atomic E-state index is 11.9. The molecule has 106 valence electrons. The zero-order valence-electron chi connectivity index (χ0n) is 10.7. The summed E-state index contributed by atoms with van der Waals surface area (Å²) in [5.41, 5.74) is 1.39. The molecule has 0 spiro atoms. The molecule has 2 aliphatic heterocycles. The lowest BCUT2D eigenvalue weighted by Gasteiger charge is -2.02. The molecular weight excluding hydrogens is 328 g/mol. The van der Waals surface area contributed by atoms with Crippen LogP contribution in [0.15, 0.2) is 24.3 Å². The predicted octanol–water partition coefficient (Wildman–Crippen LogP) is 3.66. The van der Waals surface area contributed by atoms with E-state index in [-0.39, 0.29) is 10.2 Å². The molecule has 0 amide bonds. The molecule has 2 nitrogen and oxygen atoms in total. The normalized spacial score (nSPS) is 23.4. The maximum Gasteiger partial charge on any atom is 0.219 e. The van der Waals surface area contributed by atoms with Crippen molar-refractivity contribution in [3.63, 3.8) is 0 Å². The van der Waals surface area contributed by atoms with Crippen LogP contribution in [0.25, 0.3) is 0 Å². The van der Waals surface area contributed by atoms with Crippen LogP contribution in [0.3, 0.4) is 0 Å². The van der Waals surface area contributed by atoms with Crippen LogP contribution in [0.2, 0.25) is 0 Å². The number of carbonyl (C=O) groups is 2. The van der Waals surface area contributed by atoms with Crippen LogP contribution in [-0.4, -0.2) is 43.7 Å². The number of rotatable bonds is 6. The quantitative estimate of drug-likeness (QED) is 0.734. The summed E-state index contributed by atoms with van der Waals surface area (Å²) in [6.07, 6.45) is 0. The van der Waals surface area contributed by atoms with Crippen LogP contribution in [0.5, 0.6) is 0 Å². The van der Waals surface area contributed by atoms with E-state index in [0.717, 1.165) is 11.5 Å². The SMILES string of the molecule is O=C(SCC1CS1)c1ccc(C(=O)SCC2CS2)cc1. The van der Waals surface area contributed by atoms with Gasteiger partial charge >= 0.3 is 0 Å². The Bertz CT molecular complexity index is 459. The van der Waals surface area contributed by atoms with Gasteiger partial charge in [0.25, 0.3) is 0 Å². The third kappa shape index (κ3) is 4.48. The number of thioether (sulfide) groups is 4. The van der Waals surface area contributed by atoms with Gasteiger partial charge in [-0.2, -0.15) is 23.5 Å². The number of benzene rings is 1. The van der Waals surface area contributed by atoms with Crippen molar-refractivity contribution in [2.75, 3.05) is 23.0 Å². The molecule has 2 aliphatic rings. The molecule has 2 unspecified atom stereocenters. The Morgan fingerprint density at radius 1 is 0.900 bits per heavy atom. The first-order valence-electron chi connectivity index (χ1n) is 6.40. The lowest BCUT2D eigenvalue weighted by atomic mass is 10.2. The van der Waals surface area contributed by atoms with E-state index in [4.69, 9.17) is 0 Å². The van der Waals surface area contributed by atoms with Crippen LogP contribution < -0.4 is 0 Å². The number of hydrogen-bond acceptors (Lipinski definition) is 6. The fourth-order valence-corrected chi connectivity index (χ4v) is 5.07. The van der Waals surface area contributed by atoms with Gasteiger partial charge in [0.05, 0.1) is 0 Å². The summed E-state index contributed by atoms with van der Waals surface area (Å²) in [5, 5.41) is 1.56. The second-order valence-corrected chi connectivity index (χ2v) is 9.34. The Kier molecular flexibility index (Phi) is 5.07. The summed E-state index contributed by atoms with van der Waals surface area (Å²) in [4.78, 5) is 23.9. The summed E-state index contributed by atoms with van der Waals surface area (Å²) in [5.74, 6) is 4.17. The van der Waals surface area contributed by atoms with Gasteiger partial charge < -0.3 is 0 Å². The first-order chi connectivity index (χ1) is 9.72. The Balaban J connectivity index is 1.52. The van der Waals surface area contributed by atoms with Gasteiger partial charge in [0, 0.05) is 44.6 Å². The van der Waals surface area contributed by atoms with E-state index in [1.165, 1.54) is 35.0 Å². The predicted molar refractivity (Wildman–Crippen MR) is 92.5 cm³/mol. The molecule has 0 N–H and O–H groups in total. The summed E-state index contributed by atoms with van der Waals surface area (Å²) < 4.78 is 0. The second-order valence-electron chi connectivity index (χ2n) is 4.68. The van der Waals surface area contributed by atoms with Crippen LogP contribution >= 0.6 is 47.0 Å². The lowest BCUT2D eigenvalue weighted by molar-refractivity contribution is 0.107. The average Bonchev–Trinajstić information content (AvgIpc) is 3.37. The molecule has 6 heteroatoms. The minimum Gasteiger partial charge on any atom is -0.282 e. The zero-order chi connectivity index (χ0) is 13.9. The molecule has 3 rings (SSSR count). The summed E-state index contributed by atoms with van der Waals surface area (Å²) >= 11 is 6.57. The van der Waals surface area contributed by atoms with Gasteiger partial charge in [-0.25, -0.2) is 0 Å². The highest BCUT2D eigenvalue weighted by atomic mass is 32.2. The van der Waals surface area contributed by atoms with Crippen molar-refractivity contribution in [2.24, 2.45) is 0 Å². The Morgan fingerprint density at radius 3 is 1.55 bits per heavy atom. The van der Waals surface area contributed by atoms with Gasteiger partial charge in [-0.15, -0.1) is 0 Å². The van der Waals surface area contributed by atoms with E-state index in [2.05, 4.69) is 0 Å². The van der Waals surface area contributed by atoms with Crippen molar-refractivity contribution in [3.8, 4) is 0 Å². The second kappa shape index (κ2) is 6.81. The van der Waals surface area contributed by atoms with E-state index in [9.17, 15) is 9.59 Å². The van der Waals surface area contributed by atoms with E-state index in [0.29, 0.717) is 21.6 Å². The monoisotopic (exact) mass is 342 g/mol. The largest absolute Gasteiger partial charge is 0.282 e. The van der Waals surface area contributed by atoms with Crippen molar-refractivity contribution in [3.05, 3.63) is 35.4 Å². The van der Waals surface area contributed by atoms with Crippen molar-refractivity contribution in [1.82, 2.24) is 0 Å². The Hall–Kier alpha value is -0.0400. The Labute approximate surface area is 135 Å². The van der Waals surface area contributed by atoms with Crippen LogP contribution in [0.4, 0.5) is 0 Å². The highest BCUT2D eigenvalue weighted by Crippen LogP contribution is 2.34. The first kappa shape index (κ1) is 14.9. The van der Waals surface area contributed by atoms with Crippen molar-refractivity contribution in [2.45, 2.75) is 10.5 Å². The molecule has 2 atom stereocenters. The van der Waals surface area contributed by atoms with Crippen LogP contribution in [0.1, 0.15) is 20.7 Å². The first-order valence-corrected chi connectivity index (χ1v) is 10.5. The van der Waals surface area contributed by atoms with E-state index >= 15 is 0 Å². The number of carbonyl (C=O) groups excluding carboxylic acids is 2. The fraction of sp³-hybridized carbons (Fsp3) is 0.429. The van der Waals surface area contributed by atoms with Crippen LogP contribution in [-0.2, 0) is 0 Å². The van der Waals surface area contributed by atoms with Gasteiger partial charge in [-0.3, -0.25) is 9.59 Å². The highest BCUT2D eigenvalue weighted by molar-refractivity contribution is 8.16. The maximum atomic E-state index is 11.9. The smallest absolute Gasteiger partial charge is 0.219 e. The van der Waals surface area contributed by atoms with Crippen LogP contribution in [0, 0.1) is 0 Å². The van der Waals surface area contributed by atoms with Gasteiger partial charge in [0.1, 0.15) is 0 Å². The van der Waals surface area contributed by atoms with Gasteiger partial charge in [-0.05, 0) is 24.3 Å². The molecule has 2 heterocycles. The molecule has 1 aromatic rings. The van der Waals surface area contributed by atoms with Gasteiger partial charge in [0.15, 0.2) is 0 Å². The fourth-order valence-electron chi connectivity index (χ4n) is 1.57. The van der Waals surface area contributed by atoms with Gasteiger partial charge in [-0.1, -0.05) is 23.5 Å². The van der Waals surface area contributed by atoms with Crippen molar-refractivity contribution >= 4 is 57.3 Å². The lowest BCUT2D eigenvalue weighted by Crippen LogP contribution is -2.01. The molecule has 0 radical (unpaired) electrons. The standard InChI is InChI=1S/C14H14O2S4/c15-13(19-7-11-5-17-11)9-1-2-10(4-3-9)14(16)20-8-12-6-18-12/h1-4,11-12H,5-8H2. The number of hydrogen-bond donors (Lipinski definition) is 0. The molecular formula is C14H14O2S4. The minimum atomic E-state index is 0.110. The summed E-state index contributed by atoms with van der Waals surface area (Å²) in [7, 11) is 0. The molecule has 2 fully saturated rings. The van der Waals surface area contributed by atoms with Crippen molar-refractivity contribution in [1.29, 1.82) is 0 Å². The topological polar surface area (TPSA) is 34.1 Å². The third-order valence-corrected chi connectivity index (χ3v) is 7.46. The van der Waals surface area contributed by atoms with Crippen molar-refractivity contribution < 1.29 is 9.59 Å². The molecule has 0 aromatic heterocycles. The molecule has 1 aromatic carbocycles.